The van der Waals surface area contributed by atoms with E-state index in [1.165, 1.54) is 70.6 Å². The van der Waals surface area contributed by atoms with E-state index in [9.17, 15) is 14.4 Å². The Morgan fingerprint density at radius 3 is 1.05 bits per heavy atom. The summed E-state index contributed by atoms with van der Waals surface area (Å²) in [7, 11) is 0. The maximum absolute atomic E-state index is 12.8. The number of hydrogen-bond donors (Lipinski definition) is 0. The molecule has 0 saturated carbocycles. The highest BCUT2D eigenvalue weighted by molar-refractivity contribution is 5.71. The molecule has 0 spiro atoms. The van der Waals surface area contributed by atoms with Gasteiger partial charge in [0, 0.05) is 19.3 Å². The number of hydrogen-bond acceptors (Lipinski definition) is 6. The number of carbonyl (C=O) groups excluding carboxylic acids is 3. The molecule has 0 radical (unpaired) electrons. The molecule has 1 atom stereocenters. The molecule has 0 bridgehead atoms. The number of ether oxygens (including phenoxy) is 3. The molecule has 0 aliphatic rings. The Hall–Kier alpha value is -3.67. The van der Waals surface area contributed by atoms with E-state index in [4.69, 9.17) is 14.2 Å². The fourth-order valence-corrected chi connectivity index (χ4v) is 6.53. The van der Waals surface area contributed by atoms with Crippen molar-refractivity contribution in [2.45, 2.75) is 226 Å². The molecule has 0 aliphatic heterocycles. The first-order valence-corrected chi connectivity index (χ1v) is 25.2. The first-order chi connectivity index (χ1) is 30.5. The second-order valence-corrected chi connectivity index (χ2v) is 16.3. The molecule has 62 heavy (non-hydrogen) atoms. The monoisotopic (exact) mass is 861 g/mol. The number of allylic oxidation sites excluding steroid dienone is 16. The van der Waals surface area contributed by atoms with Crippen molar-refractivity contribution in [3.63, 3.8) is 0 Å². The predicted molar refractivity (Wildman–Crippen MR) is 265 cm³/mol. The van der Waals surface area contributed by atoms with Crippen molar-refractivity contribution >= 4 is 17.9 Å². The zero-order valence-electron chi connectivity index (χ0n) is 40.1. The summed E-state index contributed by atoms with van der Waals surface area (Å²) in [5.74, 6) is -0.982. The minimum absolute atomic E-state index is 0.103. The van der Waals surface area contributed by atoms with Crippen molar-refractivity contribution in [3.05, 3.63) is 97.2 Å². The maximum Gasteiger partial charge on any atom is 0.306 e. The van der Waals surface area contributed by atoms with Gasteiger partial charge in [-0.15, -0.1) is 0 Å². The number of carbonyl (C=O) groups is 3. The predicted octanol–water partition coefficient (Wildman–Crippen LogP) is 16.6. The van der Waals surface area contributed by atoms with Crippen LogP contribution in [0.2, 0.25) is 0 Å². The molecule has 0 aromatic rings. The normalized spacial score (nSPS) is 12.9. The average Bonchev–Trinajstić information content (AvgIpc) is 3.27. The summed E-state index contributed by atoms with van der Waals surface area (Å²) in [4.78, 5) is 37.9. The zero-order chi connectivity index (χ0) is 45.1. The van der Waals surface area contributed by atoms with E-state index in [0.717, 1.165) is 103 Å². The molecule has 0 unspecified atom stereocenters. The third-order valence-corrected chi connectivity index (χ3v) is 10.3. The number of rotatable bonds is 44. The molecule has 0 amide bonds. The highest BCUT2D eigenvalue weighted by atomic mass is 16.6. The van der Waals surface area contributed by atoms with Crippen molar-refractivity contribution in [1.82, 2.24) is 0 Å². The van der Waals surface area contributed by atoms with Crippen LogP contribution in [0.3, 0.4) is 0 Å². The van der Waals surface area contributed by atoms with Gasteiger partial charge in [-0.05, 0) is 103 Å². The third kappa shape index (κ3) is 47.4. The summed E-state index contributed by atoms with van der Waals surface area (Å²) >= 11 is 0. The van der Waals surface area contributed by atoms with Gasteiger partial charge in [0.25, 0.3) is 0 Å². The molecule has 6 nitrogen and oxygen atoms in total. The van der Waals surface area contributed by atoms with Gasteiger partial charge in [0.05, 0.1) is 0 Å². The van der Waals surface area contributed by atoms with Gasteiger partial charge in [0.1, 0.15) is 13.2 Å². The van der Waals surface area contributed by atoms with Crippen LogP contribution in [0.15, 0.2) is 97.2 Å². The van der Waals surface area contributed by atoms with Gasteiger partial charge in [0.15, 0.2) is 6.10 Å². The van der Waals surface area contributed by atoms with E-state index < -0.39 is 6.10 Å². The highest BCUT2D eigenvalue weighted by Crippen LogP contribution is 2.13. The van der Waals surface area contributed by atoms with Crippen molar-refractivity contribution in [3.8, 4) is 0 Å². The quantitative estimate of drug-likeness (QED) is 0.0263. The van der Waals surface area contributed by atoms with Gasteiger partial charge in [-0.1, -0.05) is 195 Å². The average molecular weight is 861 g/mol. The van der Waals surface area contributed by atoms with Crippen molar-refractivity contribution in [2.24, 2.45) is 0 Å². The van der Waals surface area contributed by atoms with Crippen LogP contribution in [-0.4, -0.2) is 37.2 Å². The third-order valence-electron chi connectivity index (χ3n) is 10.3. The van der Waals surface area contributed by atoms with Crippen molar-refractivity contribution < 1.29 is 28.6 Å². The fraction of sp³-hybridized carbons (Fsp3) is 0.661. The summed E-state index contributed by atoms with van der Waals surface area (Å²) in [6.07, 6.45) is 65.3. The topological polar surface area (TPSA) is 78.9 Å². The number of esters is 3. The SMILES string of the molecule is CC/C=C\C/C=C\C/C=C\C/C=C\C/C=C\CCCCCC(=O)OC[C@@H](COC(=O)CCCCCCCCCCCC)OC(=O)CCCC/C=C\C/C=C\C/C=C\CCCCC. The Morgan fingerprint density at radius 1 is 0.339 bits per heavy atom. The second-order valence-electron chi connectivity index (χ2n) is 16.3. The van der Waals surface area contributed by atoms with Crippen LogP contribution in [0, 0.1) is 0 Å². The molecule has 0 heterocycles. The van der Waals surface area contributed by atoms with Crippen LogP contribution in [-0.2, 0) is 28.6 Å². The summed E-state index contributed by atoms with van der Waals surface area (Å²) in [6.45, 7) is 6.41. The Labute approximate surface area is 381 Å². The molecular formula is C56H92O6. The molecule has 0 rings (SSSR count). The second kappa shape index (κ2) is 50.0. The zero-order valence-corrected chi connectivity index (χ0v) is 40.1. The van der Waals surface area contributed by atoms with Gasteiger partial charge < -0.3 is 14.2 Å². The lowest BCUT2D eigenvalue weighted by Gasteiger charge is -2.18. The first-order valence-electron chi connectivity index (χ1n) is 25.2. The van der Waals surface area contributed by atoms with E-state index >= 15 is 0 Å². The molecule has 0 aliphatic carbocycles. The minimum Gasteiger partial charge on any atom is -0.462 e. The summed E-state index contributed by atoms with van der Waals surface area (Å²) in [5.41, 5.74) is 0. The van der Waals surface area contributed by atoms with Gasteiger partial charge in [-0.25, -0.2) is 0 Å². The number of unbranched alkanes of at least 4 members (excludes halogenated alkanes) is 17. The minimum atomic E-state index is -0.809. The van der Waals surface area contributed by atoms with Crippen LogP contribution in [0.4, 0.5) is 0 Å². The van der Waals surface area contributed by atoms with Crippen LogP contribution in [0.25, 0.3) is 0 Å². The lowest BCUT2D eigenvalue weighted by Crippen LogP contribution is -2.30. The molecule has 0 N–H and O–H groups in total. The van der Waals surface area contributed by atoms with Gasteiger partial charge in [0.2, 0.25) is 0 Å². The van der Waals surface area contributed by atoms with E-state index in [1.54, 1.807) is 0 Å². The van der Waals surface area contributed by atoms with Crippen molar-refractivity contribution in [1.29, 1.82) is 0 Å². The summed E-state index contributed by atoms with van der Waals surface area (Å²) < 4.78 is 16.7. The van der Waals surface area contributed by atoms with E-state index in [2.05, 4.69) is 118 Å². The smallest absolute Gasteiger partial charge is 0.306 e. The Kier molecular flexibility index (Phi) is 47.0. The molecule has 0 fully saturated rings. The lowest BCUT2D eigenvalue weighted by atomic mass is 10.1. The van der Waals surface area contributed by atoms with Crippen LogP contribution in [0.1, 0.15) is 220 Å². The van der Waals surface area contributed by atoms with E-state index in [-0.39, 0.29) is 37.5 Å². The summed E-state index contributed by atoms with van der Waals surface area (Å²) in [6, 6.07) is 0. The van der Waals surface area contributed by atoms with E-state index in [0.29, 0.717) is 19.3 Å². The Bertz CT molecular complexity index is 1260. The lowest BCUT2D eigenvalue weighted by molar-refractivity contribution is -0.167. The van der Waals surface area contributed by atoms with E-state index in [1.807, 2.05) is 0 Å². The molecular weight excluding hydrogens is 769 g/mol. The molecule has 0 aromatic carbocycles. The van der Waals surface area contributed by atoms with Crippen molar-refractivity contribution in [2.75, 3.05) is 13.2 Å². The Morgan fingerprint density at radius 2 is 0.629 bits per heavy atom. The van der Waals surface area contributed by atoms with Crippen LogP contribution >= 0.6 is 0 Å². The summed E-state index contributed by atoms with van der Waals surface area (Å²) in [5, 5.41) is 0. The van der Waals surface area contributed by atoms with Crippen LogP contribution in [0.5, 0.6) is 0 Å². The first kappa shape index (κ1) is 58.3. The fourth-order valence-electron chi connectivity index (χ4n) is 6.53. The highest BCUT2D eigenvalue weighted by Gasteiger charge is 2.19. The Balaban J connectivity index is 4.49. The van der Waals surface area contributed by atoms with Gasteiger partial charge >= 0.3 is 17.9 Å². The van der Waals surface area contributed by atoms with Crippen LogP contribution < -0.4 is 0 Å². The standard InChI is InChI=1S/C56H92O6/c1-4-7-10-13-16-19-22-24-26-27-28-29-31-32-34-37-40-43-46-49-55(58)61-52-53(51-60-54(57)48-45-42-39-36-21-18-15-12-9-6-3)62-56(59)50-47-44-41-38-35-33-30-25-23-20-17-14-11-8-5-2/h7,10,16-17,19-20,24-26,28-30,32,34-35,38,53H,4-6,8-9,11-15,18,21-23,27,31,33,36-37,39-52H2,1-3H3/b10-7-,19-16-,20-17-,26-24-,29-28-,30-25-,34-32-,38-35-/t53-/m1/s1. The maximum atomic E-state index is 12.8. The molecule has 0 saturated heterocycles. The molecule has 6 heteroatoms. The van der Waals surface area contributed by atoms with Gasteiger partial charge in [-0.3, -0.25) is 14.4 Å². The van der Waals surface area contributed by atoms with Gasteiger partial charge in [-0.2, -0.15) is 0 Å². The molecule has 0 aromatic heterocycles. The molecule has 352 valence electrons. The largest absolute Gasteiger partial charge is 0.462 e.